The first-order valence-electron chi connectivity index (χ1n) is 16.8. The molecule has 1 aliphatic heterocycles. The second-order valence-electron chi connectivity index (χ2n) is 12.5. The topological polar surface area (TPSA) is 29.3 Å². The molecule has 0 radical (unpaired) electrons. The number of nitrogens with one attached hydrogen (secondary N) is 1. The fourth-order valence-corrected chi connectivity index (χ4v) is 6.99. The first kappa shape index (κ1) is 28.7. The molecule has 8 aromatic rings. The number of amidine groups is 1. The molecule has 3 heteroatoms. The highest BCUT2D eigenvalue weighted by molar-refractivity contribution is 6.09. The van der Waals surface area contributed by atoms with Crippen LogP contribution in [0, 0.1) is 0 Å². The summed E-state index contributed by atoms with van der Waals surface area (Å²) < 4.78 is 2.36. The monoisotopic (exact) mass is 627 g/mol. The van der Waals surface area contributed by atoms with Crippen LogP contribution in [0.1, 0.15) is 22.7 Å². The average molecular weight is 628 g/mol. The molecular formula is C46H33N3. The molecule has 7 aromatic carbocycles. The maximum atomic E-state index is 5.14. The van der Waals surface area contributed by atoms with Crippen molar-refractivity contribution in [3.05, 3.63) is 205 Å². The third kappa shape index (κ3) is 5.42. The van der Waals surface area contributed by atoms with E-state index >= 15 is 0 Å². The summed E-state index contributed by atoms with van der Waals surface area (Å²) in [7, 11) is 0. The Balaban J connectivity index is 1.00. The Morgan fingerprint density at radius 3 is 1.57 bits per heavy atom. The number of hydrogen-bond acceptors (Lipinski definition) is 2. The number of aromatic nitrogens is 1. The lowest BCUT2D eigenvalue weighted by Crippen LogP contribution is -2.27. The van der Waals surface area contributed by atoms with Gasteiger partial charge in [0.15, 0.2) is 0 Å². The number of hydrogen-bond donors (Lipinski definition) is 1. The Bertz CT molecular complexity index is 2430. The lowest BCUT2D eigenvalue weighted by atomic mass is 9.97. The van der Waals surface area contributed by atoms with E-state index in [2.05, 4.69) is 186 Å². The molecule has 0 aliphatic carbocycles. The van der Waals surface area contributed by atoms with Crippen molar-refractivity contribution in [2.24, 2.45) is 4.99 Å². The van der Waals surface area contributed by atoms with Gasteiger partial charge in [-0.05, 0) is 69.8 Å². The molecule has 1 unspecified atom stereocenters. The number of para-hydroxylation sites is 2. The summed E-state index contributed by atoms with van der Waals surface area (Å²) in [6.45, 7) is 0. The number of fused-ring (bicyclic) bond motifs is 3. The molecule has 0 bridgehead atoms. The lowest BCUT2D eigenvalue weighted by Gasteiger charge is -2.23. The molecule has 2 heterocycles. The zero-order valence-electron chi connectivity index (χ0n) is 26.9. The van der Waals surface area contributed by atoms with Crippen molar-refractivity contribution in [2.45, 2.75) is 6.04 Å². The summed E-state index contributed by atoms with van der Waals surface area (Å²) in [5.41, 5.74) is 12.8. The van der Waals surface area contributed by atoms with Gasteiger partial charge in [0.1, 0.15) is 5.84 Å². The quantitative estimate of drug-likeness (QED) is 0.195. The Labute approximate surface area is 286 Å². The summed E-state index contributed by atoms with van der Waals surface area (Å²) in [6, 6.07) is 64.6. The Hall–Kier alpha value is -6.45. The first-order valence-corrected chi connectivity index (χ1v) is 16.8. The molecule has 1 atom stereocenters. The number of rotatable bonds is 6. The molecular weight excluding hydrogens is 595 g/mol. The van der Waals surface area contributed by atoms with Crippen LogP contribution < -0.4 is 5.32 Å². The van der Waals surface area contributed by atoms with E-state index in [-0.39, 0.29) is 6.04 Å². The highest BCUT2D eigenvalue weighted by Crippen LogP contribution is 2.34. The van der Waals surface area contributed by atoms with Crippen molar-refractivity contribution in [1.29, 1.82) is 0 Å². The second kappa shape index (κ2) is 12.3. The Morgan fingerprint density at radius 1 is 0.429 bits per heavy atom. The van der Waals surface area contributed by atoms with Crippen LogP contribution in [0.4, 0.5) is 0 Å². The largest absolute Gasteiger partial charge is 0.340 e. The molecule has 0 amide bonds. The average Bonchev–Trinajstić information content (AvgIpc) is 3.53. The van der Waals surface area contributed by atoms with Crippen LogP contribution in [0.3, 0.4) is 0 Å². The summed E-state index contributed by atoms with van der Waals surface area (Å²) in [5, 5.41) is 6.17. The van der Waals surface area contributed by atoms with Gasteiger partial charge in [0, 0.05) is 27.7 Å². The van der Waals surface area contributed by atoms with Gasteiger partial charge >= 0.3 is 0 Å². The molecule has 49 heavy (non-hydrogen) atoms. The molecule has 9 rings (SSSR count). The van der Waals surface area contributed by atoms with Gasteiger partial charge in [-0.25, -0.2) is 0 Å². The molecule has 0 fully saturated rings. The maximum Gasteiger partial charge on any atom is 0.133 e. The highest BCUT2D eigenvalue weighted by atomic mass is 15.0. The van der Waals surface area contributed by atoms with Gasteiger partial charge in [-0.1, -0.05) is 152 Å². The molecule has 3 nitrogen and oxygen atoms in total. The van der Waals surface area contributed by atoms with Crippen LogP contribution in [-0.2, 0) is 0 Å². The van der Waals surface area contributed by atoms with Crippen molar-refractivity contribution >= 4 is 33.3 Å². The zero-order valence-corrected chi connectivity index (χ0v) is 26.9. The van der Waals surface area contributed by atoms with Crippen LogP contribution in [0.2, 0.25) is 0 Å². The van der Waals surface area contributed by atoms with Gasteiger partial charge in [-0.2, -0.15) is 0 Å². The SMILES string of the molecule is C1=C(c2ccccc2)NC(c2ccc(-c3cccc(-c4ccc(-n5c6ccccc6c6ccccc65)cc4)c3)cc2)=NC1c1ccccc1. The number of benzene rings is 7. The molecule has 1 aromatic heterocycles. The van der Waals surface area contributed by atoms with E-state index in [4.69, 9.17) is 4.99 Å². The smallest absolute Gasteiger partial charge is 0.133 e. The standard InChI is InChI=1S/C46H33N3/c1-3-12-34(13-4-1)42-31-43(35-14-5-2-6-15-35)48-46(47-42)36-24-22-32(23-25-36)37-16-11-17-38(30-37)33-26-28-39(29-27-33)49-44-20-9-7-18-40(44)41-19-8-10-21-45(41)49/h1-31,42H,(H,47,48). The third-order valence-corrected chi connectivity index (χ3v) is 9.46. The van der Waals surface area contributed by atoms with E-state index in [9.17, 15) is 0 Å². The highest BCUT2D eigenvalue weighted by Gasteiger charge is 2.19. The third-order valence-electron chi connectivity index (χ3n) is 9.46. The van der Waals surface area contributed by atoms with Crippen molar-refractivity contribution in [3.8, 4) is 27.9 Å². The van der Waals surface area contributed by atoms with Crippen LogP contribution in [0.25, 0.3) is 55.4 Å². The summed E-state index contributed by atoms with van der Waals surface area (Å²) in [4.78, 5) is 5.14. The van der Waals surface area contributed by atoms with E-state index in [0.717, 1.165) is 28.3 Å². The Kier molecular flexibility index (Phi) is 7.21. The summed E-state index contributed by atoms with van der Waals surface area (Å²) in [6.07, 6.45) is 2.21. The fourth-order valence-electron chi connectivity index (χ4n) is 6.99. The minimum absolute atomic E-state index is 0.0645. The van der Waals surface area contributed by atoms with E-state index in [0.29, 0.717) is 0 Å². The van der Waals surface area contributed by atoms with Gasteiger partial charge in [0.05, 0.1) is 17.1 Å². The van der Waals surface area contributed by atoms with Gasteiger partial charge in [-0.3, -0.25) is 4.99 Å². The number of nitrogens with zero attached hydrogens (tertiary/aromatic N) is 2. The normalized spacial score (nSPS) is 14.3. The molecule has 1 N–H and O–H groups in total. The minimum atomic E-state index is -0.0645. The van der Waals surface area contributed by atoms with E-state index in [1.165, 1.54) is 49.6 Å². The minimum Gasteiger partial charge on any atom is -0.340 e. The van der Waals surface area contributed by atoms with Crippen molar-refractivity contribution in [2.75, 3.05) is 0 Å². The van der Waals surface area contributed by atoms with E-state index < -0.39 is 0 Å². The summed E-state index contributed by atoms with van der Waals surface area (Å²) >= 11 is 0. The van der Waals surface area contributed by atoms with E-state index in [1.54, 1.807) is 0 Å². The molecule has 0 saturated heterocycles. The lowest BCUT2D eigenvalue weighted by molar-refractivity contribution is 0.880. The first-order chi connectivity index (χ1) is 24.3. The number of aliphatic imine (C=N–C) groups is 1. The maximum absolute atomic E-state index is 5.14. The molecule has 1 aliphatic rings. The van der Waals surface area contributed by atoms with Gasteiger partial charge in [-0.15, -0.1) is 0 Å². The predicted octanol–water partition coefficient (Wildman–Crippen LogP) is 11.2. The Morgan fingerprint density at radius 2 is 0.939 bits per heavy atom. The van der Waals surface area contributed by atoms with Crippen molar-refractivity contribution in [1.82, 2.24) is 9.88 Å². The van der Waals surface area contributed by atoms with E-state index in [1.807, 2.05) is 12.1 Å². The van der Waals surface area contributed by atoms with Crippen LogP contribution >= 0.6 is 0 Å². The predicted molar refractivity (Wildman–Crippen MR) is 205 cm³/mol. The molecule has 0 spiro atoms. The zero-order chi connectivity index (χ0) is 32.6. The van der Waals surface area contributed by atoms with Crippen LogP contribution in [0.5, 0.6) is 0 Å². The van der Waals surface area contributed by atoms with Crippen LogP contribution in [-0.4, -0.2) is 10.4 Å². The van der Waals surface area contributed by atoms with Gasteiger partial charge in [0.25, 0.3) is 0 Å². The van der Waals surface area contributed by atoms with Gasteiger partial charge < -0.3 is 9.88 Å². The fraction of sp³-hybridized carbons (Fsp3) is 0.0217. The molecule has 0 saturated carbocycles. The van der Waals surface area contributed by atoms with Gasteiger partial charge in [0.2, 0.25) is 0 Å². The van der Waals surface area contributed by atoms with Crippen LogP contribution in [0.15, 0.2) is 193 Å². The second-order valence-corrected chi connectivity index (χ2v) is 12.5. The van der Waals surface area contributed by atoms with Crippen molar-refractivity contribution in [3.63, 3.8) is 0 Å². The summed E-state index contributed by atoms with van der Waals surface area (Å²) in [5.74, 6) is 0.874. The molecule has 232 valence electrons. The van der Waals surface area contributed by atoms with Crippen molar-refractivity contribution < 1.29 is 0 Å².